The molecule has 2 N–H and O–H groups in total. The monoisotopic (exact) mass is 375 g/mol. The van der Waals surface area contributed by atoms with Gasteiger partial charge in [-0.2, -0.15) is 0 Å². The highest BCUT2D eigenvalue weighted by molar-refractivity contribution is 9.10. The smallest absolute Gasteiger partial charge is 0.293 e. The molecule has 110 valence electrons. The first-order valence-corrected chi connectivity index (χ1v) is 7.91. The van der Waals surface area contributed by atoms with E-state index in [9.17, 15) is 10.1 Å². The molecule has 3 aromatic rings. The minimum absolute atomic E-state index is 0.0988. The van der Waals surface area contributed by atoms with E-state index in [1.54, 1.807) is 18.5 Å². The van der Waals surface area contributed by atoms with Crippen LogP contribution in [0.2, 0.25) is 0 Å². The second-order valence-electron chi connectivity index (χ2n) is 4.55. The zero-order valence-corrected chi connectivity index (χ0v) is 13.6. The first-order valence-electron chi connectivity index (χ1n) is 6.30. The van der Waals surface area contributed by atoms with Crippen molar-refractivity contribution >= 4 is 49.8 Å². The third-order valence-corrected chi connectivity index (χ3v) is 5.19. The Morgan fingerprint density at radius 1 is 1.23 bits per heavy atom. The van der Waals surface area contributed by atoms with Crippen LogP contribution in [0, 0.1) is 10.1 Å². The average molecular weight is 376 g/mol. The quantitative estimate of drug-likeness (QED) is 0.409. The van der Waals surface area contributed by atoms with E-state index < -0.39 is 4.92 Å². The molecule has 5 nitrogen and oxygen atoms in total. The highest BCUT2D eigenvalue weighted by atomic mass is 79.9. The van der Waals surface area contributed by atoms with E-state index in [4.69, 9.17) is 5.73 Å². The minimum atomic E-state index is -0.488. The van der Waals surface area contributed by atoms with Gasteiger partial charge < -0.3 is 5.73 Å². The number of nitrogen functional groups attached to an aromatic ring is 1. The van der Waals surface area contributed by atoms with Crippen LogP contribution in [0.25, 0.3) is 10.8 Å². The standard InChI is InChI=1S/C15H10BrN3O2S/c16-11-6-13(19(20)21)12(17)7-15(11)22-14-3-1-2-9-8-18-5-4-10(9)14/h1-8H,17H2. The van der Waals surface area contributed by atoms with Gasteiger partial charge in [-0.15, -0.1) is 0 Å². The van der Waals surface area contributed by atoms with Crippen molar-refractivity contribution in [3.63, 3.8) is 0 Å². The molecule has 1 heterocycles. The van der Waals surface area contributed by atoms with Crippen LogP contribution >= 0.6 is 27.7 Å². The number of nitrogens with two attached hydrogens (primary N) is 1. The van der Waals surface area contributed by atoms with Gasteiger partial charge >= 0.3 is 0 Å². The second kappa shape index (κ2) is 5.94. The normalized spacial score (nSPS) is 10.8. The van der Waals surface area contributed by atoms with Gasteiger partial charge in [-0.05, 0) is 39.5 Å². The van der Waals surface area contributed by atoms with Crippen LogP contribution in [0.15, 0.2) is 63.1 Å². The largest absolute Gasteiger partial charge is 0.393 e. The molecule has 2 aromatic carbocycles. The molecule has 22 heavy (non-hydrogen) atoms. The number of aromatic nitrogens is 1. The summed E-state index contributed by atoms with van der Waals surface area (Å²) in [5.74, 6) is 0. The highest BCUT2D eigenvalue weighted by Gasteiger charge is 2.16. The maximum Gasteiger partial charge on any atom is 0.293 e. The number of nitrogens with zero attached hydrogens (tertiary/aromatic N) is 2. The van der Waals surface area contributed by atoms with Crippen LogP contribution in [0.5, 0.6) is 0 Å². The maximum atomic E-state index is 10.9. The Balaban J connectivity index is 2.06. The zero-order chi connectivity index (χ0) is 15.7. The van der Waals surface area contributed by atoms with E-state index >= 15 is 0 Å². The van der Waals surface area contributed by atoms with Crippen molar-refractivity contribution in [2.45, 2.75) is 9.79 Å². The van der Waals surface area contributed by atoms with E-state index in [0.717, 1.165) is 20.6 Å². The van der Waals surface area contributed by atoms with Gasteiger partial charge in [0.25, 0.3) is 5.69 Å². The van der Waals surface area contributed by atoms with Gasteiger partial charge in [-0.3, -0.25) is 15.1 Å². The van der Waals surface area contributed by atoms with Gasteiger partial charge in [0, 0.05) is 38.1 Å². The summed E-state index contributed by atoms with van der Waals surface area (Å²) < 4.78 is 0.643. The van der Waals surface area contributed by atoms with E-state index in [2.05, 4.69) is 20.9 Å². The van der Waals surface area contributed by atoms with Crippen LogP contribution in [0.1, 0.15) is 0 Å². The minimum Gasteiger partial charge on any atom is -0.393 e. The van der Waals surface area contributed by atoms with Gasteiger partial charge in [0.15, 0.2) is 0 Å². The molecule has 1 aromatic heterocycles. The van der Waals surface area contributed by atoms with Crippen molar-refractivity contribution in [3.05, 3.63) is 63.4 Å². The van der Waals surface area contributed by atoms with Crippen LogP contribution in [0.4, 0.5) is 11.4 Å². The number of anilines is 1. The fourth-order valence-corrected chi connectivity index (χ4v) is 3.69. The number of nitro benzene ring substituents is 1. The number of hydrogen-bond acceptors (Lipinski definition) is 5. The molecule has 0 saturated carbocycles. The lowest BCUT2D eigenvalue weighted by molar-refractivity contribution is -0.384. The Bertz CT molecular complexity index is 881. The van der Waals surface area contributed by atoms with Crippen LogP contribution in [0.3, 0.4) is 0 Å². The topological polar surface area (TPSA) is 82.0 Å². The highest BCUT2D eigenvalue weighted by Crippen LogP contribution is 2.40. The van der Waals surface area contributed by atoms with Gasteiger partial charge in [-0.25, -0.2) is 0 Å². The molecule has 0 amide bonds. The molecule has 0 radical (unpaired) electrons. The van der Waals surface area contributed by atoms with E-state index in [-0.39, 0.29) is 11.4 Å². The van der Waals surface area contributed by atoms with E-state index in [1.807, 2.05) is 24.3 Å². The van der Waals surface area contributed by atoms with Crippen molar-refractivity contribution in [2.24, 2.45) is 0 Å². The average Bonchev–Trinajstić information content (AvgIpc) is 2.50. The zero-order valence-electron chi connectivity index (χ0n) is 11.2. The lowest BCUT2D eigenvalue weighted by Crippen LogP contribution is -1.96. The second-order valence-corrected chi connectivity index (χ2v) is 6.49. The Hall–Kier alpha value is -2.12. The van der Waals surface area contributed by atoms with Crippen molar-refractivity contribution in [2.75, 3.05) is 5.73 Å². The number of benzene rings is 2. The first kappa shape index (κ1) is 14.8. The van der Waals surface area contributed by atoms with Gasteiger partial charge in [-0.1, -0.05) is 23.9 Å². The molecule has 0 atom stereocenters. The molecule has 3 rings (SSSR count). The fraction of sp³-hybridized carbons (Fsp3) is 0. The Morgan fingerprint density at radius 3 is 2.82 bits per heavy atom. The summed E-state index contributed by atoms with van der Waals surface area (Å²) in [7, 11) is 0. The summed E-state index contributed by atoms with van der Waals surface area (Å²) in [5.41, 5.74) is 5.82. The molecule has 0 spiro atoms. The molecule has 0 bridgehead atoms. The summed E-state index contributed by atoms with van der Waals surface area (Å²) in [6.45, 7) is 0. The number of rotatable bonds is 3. The van der Waals surface area contributed by atoms with Crippen molar-refractivity contribution in [1.29, 1.82) is 0 Å². The predicted molar refractivity (Wildman–Crippen MR) is 91.1 cm³/mol. The van der Waals surface area contributed by atoms with Crippen molar-refractivity contribution in [1.82, 2.24) is 4.98 Å². The van der Waals surface area contributed by atoms with Crippen LogP contribution in [-0.4, -0.2) is 9.91 Å². The van der Waals surface area contributed by atoms with Gasteiger partial charge in [0.1, 0.15) is 5.69 Å². The summed E-state index contributed by atoms with van der Waals surface area (Å²) in [4.78, 5) is 16.4. The lowest BCUT2D eigenvalue weighted by atomic mass is 10.2. The number of nitro groups is 1. The Kier molecular flexibility index (Phi) is 4.00. The Morgan fingerprint density at radius 2 is 2.05 bits per heavy atom. The molecule has 0 saturated heterocycles. The number of halogens is 1. The number of fused-ring (bicyclic) bond motifs is 1. The van der Waals surface area contributed by atoms with Crippen LogP contribution < -0.4 is 5.73 Å². The number of pyridine rings is 1. The molecule has 0 aliphatic heterocycles. The van der Waals surface area contributed by atoms with Crippen LogP contribution in [-0.2, 0) is 0 Å². The fourth-order valence-electron chi connectivity index (χ4n) is 2.10. The van der Waals surface area contributed by atoms with Gasteiger partial charge in [0.2, 0.25) is 0 Å². The molecular weight excluding hydrogens is 366 g/mol. The SMILES string of the molecule is Nc1cc(Sc2cccc3cnccc23)c(Br)cc1[N+](=O)[O-]. The molecular formula is C15H10BrN3O2S. The predicted octanol–water partition coefficient (Wildman–Crippen LogP) is 4.64. The summed E-state index contributed by atoms with van der Waals surface area (Å²) in [6.07, 6.45) is 3.55. The molecule has 0 aliphatic carbocycles. The molecule has 7 heteroatoms. The first-order chi connectivity index (χ1) is 10.6. The number of hydrogen-bond donors (Lipinski definition) is 1. The van der Waals surface area contributed by atoms with E-state index in [0.29, 0.717) is 4.47 Å². The van der Waals surface area contributed by atoms with Crippen molar-refractivity contribution < 1.29 is 4.92 Å². The summed E-state index contributed by atoms with van der Waals surface area (Å²) in [6, 6.07) is 10.9. The Labute approximate surface area is 138 Å². The summed E-state index contributed by atoms with van der Waals surface area (Å²) >= 11 is 4.88. The lowest BCUT2D eigenvalue weighted by Gasteiger charge is -2.09. The van der Waals surface area contributed by atoms with Crippen molar-refractivity contribution in [3.8, 4) is 0 Å². The van der Waals surface area contributed by atoms with E-state index in [1.165, 1.54) is 17.8 Å². The molecule has 0 unspecified atom stereocenters. The molecule has 0 fully saturated rings. The molecule has 0 aliphatic rings. The third-order valence-electron chi connectivity index (χ3n) is 3.14. The maximum absolute atomic E-state index is 10.9. The van der Waals surface area contributed by atoms with Gasteiger partial charge in [0.05, 0.1) is 4.92 Å². The third kappa shape index (κ3) is 2.77. The summed E-state index contributed by atoms with van der Waals surface area (Å²) in [5, 5.41) is 13.0.